The summed E-state index contributed by atoms with van der Waals surface area (Å²) in [7, 11) is 2.52. The first-order valence-corrected chi connectivity index (χ1v) is 9.40. The van der Waals surface area contributed by atoms with E-state index in [2.05, 4.69) is 10.1 Å². The Balaban J connectivity index is 2.39. The molecule has 2 aromatic rings. The van der Waals surface area contributed by atoms with Gasteiger partial charge in [-0.05, 0) is 42.8 Å². The summed E-state index contributed by atoms with van der Waals surface area (Å²) >= 11 is 5.93. The molecule has 0 atom stereocenters. The largest absolute Gasteiger partial charge is 0.496 e. The number of rotatable bonds is 8. The van der Waals surface area contributed by atoms with Crippen LogP contribution in [0.25, 0.3) is 0 Å². The second-order valence-electron chi connectivity index (χ2n) is 6.41. The number of ether oxygens (including phenoxy) is 2. The van der Waals surface area contributed by atoms with Gasteiger partial charge in [0.15, 0.2) is 5.78 Å². The number of ketones is 1. The molecule has 0 aliphatic carbocycles. The van der Waals surface area contributed by atoms with Gasteiger partial charge in [0.05, 0.1) is 31.0 Å². The first kappa shape index (κ1) is 24.2. The minimum Gasteiger partial charge on any atom is -0.496 e. The zero-order chi connectivity index (χ0) is 23.2. The number of carbonyl (C=O) groups excluding carboxylic acids is 3. The van der Waals surface area contributed by atoms with E-state index in [1.54, 1.807) is 0 Å². The van der Waals surface area contributed by atoms with Crippen molar-refractivity contribution >= 4 is 34.9 Å². The van der Waals surface area contributed by atoms with Crippen molar-refractivity contribution in [2.45, 2.75) is 25.4 Å². The topological polar surface area (TPSA) is 81.7 Å². The minimum absolute atomic E-state index is 0.00241. The number of halogens is 4. The van der Waals surface area contributed by atoms with Crippen LogP contribution in [0.15, 0.2) is 36.4 Å². The van der Waals surface area contributed by atoms with Crippen molar-refractivity contribution < 1.29 is 37.0 Å². The molecule has 1 amide bonds. The van der Waals surface area contributed by atoms with Crippen LogP contribution in [0.5, 0.6) is 5.75 Å². The Hall–Kier alpha value is -3.07. The molecule has 0 saturated heterocycles. The van der Waals surface area contributed by atoms with Crippen molar-refractivity contribution in [1.82, 2.24) is 0 Å². The van der Waals surface area contributed by atoms with Crippen LogP contribution in [0.1, 0.15) is 40.7 Å². The monoisotopic (exact) mass is 457 g/mol. The zero-order valence-electron chi connectivity index (χ0n) is 16.6. The maximum atomic E-state index is 13.2. The molecule has 0 unspecified atom stereocenters. The van der Waals surface area contributed by atoms with E-state index < -0.39 is 29.4 Å². The molecule has 0 bridgehead atoms. The number of anilines is 1. The molecule has 0 aromatic heterocycles. The van der Waals surface area contributed by atoms with Gasteiger partial charge >= 0.3 is 12.1 Å². The third kappa shape index (κ3) is 6.45. The highest BCUT2D eigenvalue weighted by molar-refractivity contribution is 6.31. The van der Waals surface area contributed by atoms with Crippen molar-refractivity contribution in [3.05, 3.63) is 58.1 Å². The van der Waals surface area contributed by atoms with Gasteiger partial charge in [0.25, 0.3) is 0 Å². The molecule has 0 spiro atoms. The quantitative estimate of drug-likeness (QED) is 0.451. The first-order chi connectivity index (χ1) is 14.6. The summed E-state index contributed by atoms with van der Waals surface area (Å²) in [5.41, 5.74) is -1.60. The van der Waals surface area contributed by atoms with E-state index in [1.165, 1.54) is 32.4 Å². The number of nitrogens with one attached hydrogen (secondary N) is 1. The molecule has 0 fully saturated rings. The molecule has 0 radical (unpaired) electrons. The SMILES string of the molecule is COC(=O)CCCC(=O)Nc1ccc(C(F)(F)F)cc1C(=O)c1cc(Cl)ccc1OC. The summed E-state index contributed by atoms with van der Waals surface area (Å²) in [5, 5.41) is 2.62. The lowest BCUT2D eigenvalue weighted by molar-refractivity contribution is -0.141. The van der Waals surface area contributed by atoms with Crippen LogP contribution >= 0.6 is 11.6 Å². The van der Waals surface area contributed by atoms with Crippen LogP contribution in [-0.2, 0) is 20.5 Å². The first-order valence-electron chi connectivity index (χ1n) is 9.03. The van der Waals surface area contributed by atoms with Gasteiger partial charge in [-0.25, -0.2) is 0 Å². The van der Waals surface area contributed by atoms with E-state index in [-0.39, 0.29) is 46.8 Å². The van der Waals surface area contributed by atoms with Gasteiger partial charge in [-0.15, -0.1) is 0 Å². The van der Waals surface area contributed by atoms with Crippen molar-refractivity contribution in [2.24, 2.45) is 0 Å². The maximum absolute atomic E-state index is 13.2. The highest BCUT2D eigenvalue weighted by atomic mass is 35.5. The van der Waals surface area contributed by atoms with Gasteiger partial charge in [0.1, 0.15) is 5.75 Å². The van der Waals surface area contributed by atoms with E-state index in [1.807, 2.05) is 0 Å². The fraction of sp³-hybridized carbons (Fsp3) is 0.286. The summed E-state index contributed by atoms with van der Waals surface area (Å²) in [5.74, 6) is -1.76. The van der Waals surface area contributed by atoms with Gasteiger partial charge in [-0.2, -0.15) is 13.2 Å². The highest BCUT2D eigenvalue weighted by Crippen LogP contribution is 2.34. The van der Waals surface area contributed by atoms with Crippen molar-refractivity contribution in [1.29, 1.82) is 0 Å². The predicted molar refractivity (Wildman–Crippen MR) is 107 cm³/mol. The van der Waals surface area contributed by atoms with Gasteiger partial charge in [0, 0.05) is 23.4 Å². The van der Waals surface area contributed by atoms with Gasteiger partial charge in [0.2, 0.25) is 5.91 Å². The minimum atomic E-state index is -4.70. The lowest BCUT2D eigenvalue weighted by Gasteiger charge is -2.15. The Morgan fingerprint density at radius 3 is 2.32 bits per heavy atom. The van der Waals surface area contributed by atoms with Crippen molar-refractivity contribution in [3.8, 4) is 5.75 Å². The van der Waals surface area contributed by atoms with Gasteiger partial charge in [-0.3, -0.25) is 14.4 Å². The molecule has 166 valence electrons. The Morgan fingerprint density at radius 1 is 1.00 bits per heavy atom. The lowest BCUT2D eigenvalue weighted by atomic mass is 9.98. The lowest BCUT2D eigenvalue weighted by Crippen LogP contribution is -2.17. The summed E-state index contributed by atoms with van der Waals surface area (Å²) in [6.45, 7) is 0. The molecular weight excluding hydrogens is 439 g/mol. The zero-order valence-corrected chi connectivity index (χ0v) is 17.4. The Morgan fingerprint density at radius 2 is 1.71 bits per heavy atom. The number of hydrogen-bond donors (Lipinski definition) is 1. The molecule has 31 heavy (non-hydrogen) atoms. The normalized spacial score (nSPS) is 11.0. The molecule has 2 rings (SSSR count). The smallest absolute Gasteiger partial charge is 0.416 e. The summed E-state index contributed by atoms with van der Waals surface area (Å²) in [6, 6.07) is 6.57. The fourth-order valence-corrected chi connectivity index (χ4v) is 2.90. The number of hydrogen-bond acceptors (Lipinski definition) is 5. The van der Waals surface area contributed by atoms with Gasteiger partial charge < -0.3 is 14.8 Å². The average Bonchev–Trinajstić information content (AvgIpc) is 2.72. The summed E-state index contributed by atoms with van der Waals surface area (Å²) < 4.78 is 49.3. The van der Waals surface area contributed by atoms with E-state index in [0.29, 0.717) is 6.07 Å². The van der Waals surface area contributed by atoms with Crippen molar-refractivity contribution in [3.63, 3.8) is 0 Å². The number of benzene rings is 2. The number of methoxy groups -OCH3 is 2. The van der Waals surface area contributed by atoms with Crippen LogP contribution < -0.4 is 10.1 Å². The van der Waals surface area contributed by atoms with E-state index in [4.69, 9.17) is 16.3 Å². The second kappa shape index (κ2) is 10.3. The number of esters is 1. The molecule has 10 heteroatoms. The van der Waals surface area contributed by atoms with Crippen LogP contribution in [0.3, 0.4) is 0 Å². The van der Waals surface area contributed by atoms with E-state index in [0.717, 1.165) is 12.1 Å². The third-order valence-electron chi connectivity index (χ3n) is 4.28. The predicted octanol–water partition coefficient (Wildman–Crippen LogP) is 4.88. The third-order valence-corrected chi connectivity index (χ3v) is 4.52. The molecule has 6 nitrogen and oxygen atoms in total. The molecule has 0 aliphatic rings. The standard InChI is InChI=1S/C21H19ClF3NO5/c1-30-17-9-7-13(22)11-15(17)20(29)14-10-12(21(23,24)25)6-8-16(14)26-18(27)4-3-5-19(28)31-2/h6-11H,3-5H2,1-2H3,(H,26,27). The van der Waals surface area contributed by atoms with Crippen LogP contribution in [0.4, 0.5) is 18.9 Å². The van der Waals surface area contributed by atoms with Crippen molar-refractivity contribution in [2.75, 3.05) is 19.5 Å². The number of carbonyl (C=O) groups is 3. The second-order valence-corrected chi connectivity index (χ2v) is 6.85. The van der Waals surface area contributed by atoms with Crippen LogP contribution in [-0.4, -0.2) is 31.9 Å². The maximum Gasteiger partial charge on any atom is 0.416 e. The number of amides is 1. The number of alkyl halides is 3. The van der Waals surface area contributed by atoms with Crippen LogP contribution in [0, 0.1) is 0 Å². The molecular formula is C21H19ClF3NO5. The molecule has 0 aliphatic heterocycles. The van der Waals surface area contributed by atoms with Crippen LogP contribution in [0.2, 0.25) is 5.02 Å². The molecule has 0 saturated carbocycles. The highest BCUT2D eigenvalue weighted by Gasteiger charge is 2.32. The van der Waals surface area contributed by atoms with Gasteiger partial charge in [-0.1, -0.05) is 11.6 Å². The summed E-state index contributed by atoms with van der Waals surface area (Å²) in [6.07, 6.45) is -4.62. The molecule has 2 aromatic carbocycles. The average molecular weight is 458 g/mol. The molecule has 1 N–H and O–H groups in total. The Bertz CT molecular complexity index is 991. The summed E-state index contributed by atoms with van der Waals surface area (Å²) in [4.78, 5) is 36.4. The fourth-order valence-electron chi connectivity index (χ4n) is 2.73. The Kier molecular flexibility index (Phi) is 8.04. The Labute approximate surface area is 181 Å². The molecule has 0 heterocycles. The van der Waals surface area contributed by atoms with E-state index in [9.17, 15) is 27.6 Å². The van der Waals surface area contributed by atoms with E-state index >= 15 is 0 Å².